The number of hydrogen-bond donors (Lipinski definition) is 1. The van der Waals surface area contributed by atoms with E-state index in [1.807, 2.05) is 38.1 Å². The van der Waals surface area contributed by atoms with Crippen LogP contribution in [0.3, 0.4) is 0 Å². The van der Waals surface area contributed by atoms with E-state index in [0.29, 0.717) is 10.2 Å². The highest BCUT2D eigenvalue weighted by molar-refractivity contribution is 9.10. The number of aromatic carboxylic acids is 1. The molecule has 1 aromatic heterocycles. The molecule has 1 N–H and O–H groups in total. The SMILES string of the molecule is COc1cccc(-n2nc(C(=O)O)c(Br)c2C(C)C)c1. The Bertz CT molecular complexity index is 650. The minimum Gasteiger partial charge on any atom is -0.497 e. The van der Waals surface area contributed by atoms with Crippen LogP contribution in [0.4, 0.5) is 0 Å². The van der Waals surface area contributed by atoms with Crippen LogP contribution in [0, 0.1) is 0 Å². The zero-order valence-corrected chi connectivity index (χ0v) is 13.0. The summed E-state index contributed by atoms with van der Waals surface area (Å²) in [5.41, 5.74) is 1.59. The summed E-state index contributed by atoms with van der Waals surface area (Å²) < 4.78 is 7.35. The zero-order valence-electron chi connectivity index (χ0n) is 11.4. The third-order valence-corrected chi connectivity index (χ3v) is 3.69. The van der Waals surface area contributed by atoms with Crippen molar-refractivity contribution in [1.29, 1.82) is 0 Å². The molecule has 5 nitrogen and oxygen atoms in total. The fourth-order valence-electron chi connectivity index (χ4n) is 1.99. The summed E-state index contributed by atoms with van der Waals surface area (Å²) in [5.74, 6) is -0.239. The standard InChI is InChI=1S/C14H15BrN2O3/c1-8(2)13-11(15)12(14(18)19)16-17(13)9-5-4-6-10(7-9)20-3/h4-8H,1-3H3,(H,18,19). The summed E-state index contributed by atoms with van der Waals surface area (Å²) in [4.78, 5) is 11.2. The molecule has 0 fully saturated rings. The van der Waals surface area contributed by atoms with Crippen LogP contribution in [0.2, 0.25) is 0 Å². The molecule has 0 radical (unpaired) electrons. The molecule has 0 aliphatic heterocycles. The molecule has 0 atom stereocenters. The van der Waals surface area contributed by atoms with Crippen molar-refractivity contribution in [2.45, 2.75) is 19.8 Å². The lowest BCUT2D eigenvalue weighted by atomic mass is 10.1. The second-order valence-electron chi connectivity index (χ2n) is 4.62. The smallest absolute Gasteiger partial charge is 0.357 e. The Morgan fingerprint density at radius 2 is 2.15 bits per heavy atom. The summed E-state index contributed by atoms with van der Waals surface area (Å²) in [6.45, 7) is 3.98. The quantitative estimate of drug-likeness (QED) is 0.926. The van der Waals surface area contributed by atoms with E-state index in [1.54, 1.807) is 11.8 Å². The van der Waals surface area contributed by atoms with Gasteiger partial charge in [0.1, 0.15) is 5.75 Å². The summed E-state index contributed by atoms with van der Waals surface area (Å²) in [5, 5.41) is 13.4. The number of halogens is 1. The highest BCUT2D eigenvalue weighted by Crippen LogP contribution is 2.31. The van der Waals surface area contributed by atoms with Crippen LogP contribution in [0.5, 0.6) is 5.75 Å². The molecule has 0 bridgehead atoms. The normalized spacial score (nSPS) is 10.8. The second kappa shape index (κ2) is 5.66. The first-order chi connectivity index (χ1) is 9.45. The number of ether oxygens (including phenoxy) is 1. The Morgan fingerprint density at radius 3 is 2.70 bits per heavy atom. The number of benzene rings is 1. The third kappa shape index (κ3) is 2.56. The highest BCUT2D eigenvalue weighted by atomic mass is 79.9. The molecule has 0 unspecified atom stereocenters. The Morgan fingerprint density at radius 1 is 1.45 bits per heavy atom. The van der Waals surface area contributed by atoms with E-state index in [-0.39, 0.29) is 11.6 Å². The van der Waals surface area contributed by atoms with Crippen LogP contribution in [-0.2, 0) is 0 Å². The zero-order chi connectivity index (χ0) is 14.9. The number of rotatable bonds is 4. The van der Waals surface area contributed by atoms with Gasteiger partial charge in [-0.05, 0) is 34.0 Å². The molecule has 0 aliphatic rings. The number of carboxylic acid groups (broad SMARTS) is 1. The van der Waals surface area contributed by atoms with Gasteiger partial charge in [-0.2, -0.15) is 5.10 Å². The number of nitrogens with zero attached hydrogens (tertiary/aromatic N) is 2. The lowest BCUT2D eigenvalue weighted by Crippen LogP contribution is -2.05. The summed E-state index contributed by atoms with van der Waals surface area (Å²) >= 11 is 3.34. The third-order valence-electron chi connectivity index (χ3n) is 2.91. The van der Waals surface area contributed by atoms with Gasteiger partial charge in [0.25, 0.3) is 0 Å². The van der Waals surface area contributed by atoms with Crippen LogP contribution < -0.4 is 4.74 Å². The van der Waals surface area contributed by atoms with Crippen LogP contribution >= 0.6 is 15.9 Å². The van der Waals surface area contributed by atoms with E-state index in [9.17, 15) is 9.90 Å². The average molecular weight is 339 g/mol. The molecule has 1 heterocycles. The van der Waals surface area contributed by atoms with E-state index in [4.69, 9.17) is 4.74 Å². The number of hydrogen-bond acceptors (Lipinski definition) is 3. The molecular formula is C14H15BrN2O3. The molecule has 6 heteroatoms. The van der Waals surface area contributed by atoms with Gasteiger partial charge in [0.15, 0.2) is 5.69 Å². The van der Waals surface area contributed by atoms with Gasteiger partial charge in [0.2, 0.25) is 0 Å². The summed E-state index contributed by atoms with van der Waals surface area (Å²) in [6.07, 6.45) is 0. The minimum atomic E-state index is -1.06. The van der Waals surface area contributed by atoms with Gasteiger partial charge >= 0.3 is 5.97 Å². The summed E-state index contributed by atoms with van der Waals surface area (Å²) in [7, 11) is 1.59. The van der Waals surface area contributed by atoms with Gasteiger partial charge in [-0.25, -0.2) is 9.48 Å². The van der Waals surface area contributed by atoms with Crippen molar-refractivity contribution in [2.75, 3.05) is 7.11 Å². The van der Waals surface area contributed by atoms with Crippen molar-refractivity contribution in [2.24, 2.45) is 0 Å². The van der Waals surface area contributed by atoms with Gasteiger partial charge in [-0.15, -0.1) is 0 Å². The Hall–Kier alpha value is -1.82. The van der Waals surface area contributed by atoms with Gasteiger partial charge in [-0.1, -0.05) is 19.9 Å². The predicted molar refractivity (Wildman–Crippen MR) is 78.9 cm³/mol. The molecule has 0 aliphatic carbocycles. The van der Waals surface area contributed by atoms with E-state index < -0.39 is 5.97 Å². The molecule has 0 spiro atoms. The first kappa shape index (κ1) is 14.6. The van der Waals surface area contributed by atoms with Crippen LogP contribution in [0.25, 0.3) is 5.69 Å². The Kier molecular flexibility index (Phi) is 4.13. The largest absolute Gasteiger partial charge is 0.497 e. The lowest BCUT2D eigenvalue weighted by Gasteiger charge is -2.11. The number of carboxylic acids is 1. The van der Waals surface area contributed by atoms with Crippen molar-refractivity contribution >= 4 is 21.9 Å². The molecule has 0 saturated carbocycles. The number of methoxy groups -OCH3 is 1. The number of carbonyl (C=O) groups is 1. The van der Waals surface area contributed by atoms with Crippen LogP contribution in [-0.4, -0.2) is 28.0 Å². The molecule has 0 amide bonds. The van der Waals surface area contributed by atoms with E-state index in [1.165, 1.54) is 0 Å². The van der Waals surface area contributed by atoms with Crippen molar-refractivity contribution in [1.82, 2.24) is 9.78 Å². The van der Waals surface area contributed by atoms with E-state index >= 15 is 0 Å². The fraction of sp³-hybridized carbons (Fsp3) is 0.286. The molecule has 2 aromatic rings. The minimum absolute atomic E-state index is 0.0107. The molecule has 20 heavy (non-hydrogen) atoms. The summed E-state index contributed by atoms with van der Waals surface area (Å²) in [6, 6.07) is 7.35. The first-order valence-corrected chi connectivity index (χ1v) is 6.91. The van der Waals surface area contributed by atoms with Gasteiger partial charge in [0, 0.05) is 6.07 Å². The number of aromatic nitrogens is 2. The van der Waals surface area contributed by atoms with Crippen molar-refractivity contribution in [3.8, 4) is 11.4 Å². The molecule has 106 valence electrons. The maximum Gasteiger partial charge on any atom is 0.357 e. The second-order valence-corrected chi connectivity index (χ2v) is 5.41. The Labute approximate surface area is 125 Å². The highest BCUT2D eigenvalue weighted by Gasteiger charge is 2.23. The van der Waals surface area contributed by atoms with Gasteiger partial charge < -0.3 is 9.84 Å². The topological polar surface area (TPSA) is 64.4 Å². The maximum atomic E-state index is 11.2. The first-order valence-electron chi connectivity index (χ1n) is 6.11. The van der Waals surface area contributed by atoms with Crippen molar-refractivity contribution < 1.29 is 14.6 Å². The molecular weight excluding hydrogens is 324 g/mol. The van der Waals surface area contributed by atoms with Gasteiger partial charge in [-0.3, -0.25) is 0 Å². The van der Waals surface area contributed by atoms with Crippen LogP contribution in [0.1, 0.15) is 35.9 Å². The van der Waals surface area contributed by atoms with Crippen LogP contribution in [0.15, 0.2) is 28.7 Å². The predicted octanol–water partition coefficient (Wildman–Crippen LogP) is 3.47. The van der Waals surface area contributed by atoms with E-state index in [0.717, 1.165) is 11.4 Å². The molecule has 0 saturated heterocycles. The lowest BCUT2D eigenvalue weighted by molar-refractivity contribution is 0.0689. The van der Waals surface area contributed by atoms with Crippen molar-refractivity contribution in [3.05, 3.63) is 40.1 Å². The van der Waals surface area contributed by atoms with E-state index in [2.05, 4.69) is 21.0 Å². The molecule has 2 rings (SSSR count). The fourth-order valence-corrected chi connectivity index (χ4v) is 2.86. The Balaban J connectivity index is 2.66. The average Bonchev–Trinajstić information content (AvgIpc) is 2.76. The van der Waals surface area contributed by atoms with Gasteiger partial charge in [0.05, 0.1) is 23.0 Å². The molecule has 1 aromatic carbocycles. The monoisotopic (exact) mass is 338 g/mol. The maximum absolute atomic E-state index is 11.2. The van der Waals surface area contributed by atoms with Crippen molar-refractivity contribution in [3.63, 3.8) is 0 Å².